The van der Waals surface area contributed by atoms with Crippen LogP contribution < -0.4 is 15.4 Å². The Morgan fingerprint density at radius 1 is 0.960 bits per heavy atom. The fourth-order valence-corrected chi connectivity index (χ4v) is 2.50. The zero-order valence-electron chi connectivity index (χ0n) is 15.0. The lowest BCUT2D eigenvalue weighted by molar-refractivity contribution is -0.137. The van der Waals surface area contributed by atoms with Crippen LogP contribution in [0.25, 0.3) is 0 Å². The summed E-state index contributed by atoms with van der Waals surface area (Å²) in [6, 6.07) is 13.5. The topological polar surface area (TPSA) is 67.4 Å². The van der Waals surface area contributed by atoms with Gasteiger partial charge in [0.2, 0.25) is 0 Å². The molecule has 0 aliphatic heterocycles. The largest absolute Gasteiger partial charge is 0.425 e. The molecule has 5 heteroatoms. The monoisotopic (exact) mass is 340 g/mol. The summed E-state index contributed by atoms with van der Waals surface area (Å²) in [6.45, 7) is 7.60. The predicted octanol–water partition coefficient (Wildman–Crippen LogP) is 4.06. The third-order valence-electron chi connectivity index (χ3n) is 3.65. The van der Waals surface area contributed by atoms with Gasteiger partial charge in [0.15, 0.2) is 0 Å². The van der Waals surface area contributed by atoms with Crippen LogP contribution >= 0.6 is 0 Å². The van der Waals surface area contributed by atoms with Gasteiger partial charge in [-0.15, -0.1) is 0 Å². The molecule has 0 heterocycles. The summed E-state index contributed by atoms with van der Waals surface area (Å²) in [5, 5.41) is 5.40. The van der Waals surface area contributed by atoms with Crippen LogP contribution in [0.5, 0.6) is 5.75 Å². The van der Waals surface area contributed by atoms with Crippen molar-refractivity contribution < 1.29 is 14.3 Å². The number of benzene rings is 2. The standard InChI is InChI=1S/C20H24N2O3/c1-13(2)18(22-20(24)21-16-8-6-5-7-9-16)19(23)25-17-11-14(3)10-15(4)12-17/h5-13,18H,1-4H3,(H2,21,22,24). The van der Waals surface area contributed by atoms with E-state index in [1.54, 1.807) is 24.3 Å². The molecule has 2 amide bonds. The third kappa shape index (κ3) is 5.64. The highest BCUT2D eigenvalue weighted by Crippen LogP contribution is 2.18. The number of urea groups is 1. The molecule has 0 fully saturated rings. The summed E-state index contributed by atoms with van der Waals surface area (Å²) in [7, 11) is 0. The van der Waals surface area contributed by atoms with Crippen LogP contribution in [0.15, 0.2) is 48.5 Å². The van der Waals surface area contributed by atoms with Crippen molar-refractivity contribution in [1.29, 1.82) is 0 Å². The molecule has 25 heavy (non-hydrogen) atoms. The minimum Gasteiger partial charge on any atom is -0.425 e. The second-order valence-electron chi connectivity index (χ2n) is 6.43. The van der Waals surface area contributed by atoms with Gasteiger partial charge in [-0.25, -0.2) is 9.59 Å². The van der Waals surface area contributed by atoms with Crippen molar-refractivity contribution >= 4 is 17.7 Å². The number of esters is 1. The SMILES string of the molecule is Cc1cc(C)cc(OC(=O)C(NC(=O)Nc2ccccc2)C(C)C)c1. The van der Waals surface area contributed by atoms with Gasteiger partial charge < -0.3 is 15.4 Å². The van der Waals surface area contributed by atoms with Crippen LogP contribution in [0.1, 0.15) is 25.0 Å². The highest BCUT2D eigenvalue weighted by atomic mass is 16.5. The zero-order chi connectivity index (χ0) is 18.4. The lowest BCUT2D eigenvalue weighted by Gasteiger charge is -2.21. The van der Waals surface area contributed by atoms with Crippen molar-refractivity contribution in [2.45, 2.75) is 33.7 Å². The third-order valence-corrected chi connectivity index (χ3v) is 3.65. The molecule has 0 aromatic heterocycles. The van der Waals surface area contributed by atoms with Gasteiger partial charge in [-0.3, -0.25) is 0 Å². The van der Waals surface area contributed by atoms with Crippen molar-refractivity contribution in [3.63, 3.8) is 0 Å². The normalized spacial score (nSPS) is 11.7. The number of anilines is 1. The van der Waals surface area contributed by atoms with E-state index in [4.69, 9.17) is 4.74 Å². The Labute approximate surface area is 148 Å². The number of ether oxygens (including phenoxy) is 1. The molecule has 132 valence electrons. The first-order chi connectivity index (χ1) is 11.8. The maximum atomic E-state index is 12.5. The quantitative estimate of drug-likeness (QED) is 0.637. The number of carbonyl (C=O) groups is 2. The number of para-hydroxylation sites is 1. The van der Waals surface area contributed by atoms with Crippen LogP contribution in [0.3, 0.4) is 0 Å². The number of aryl methyl sites for hydroxylation is 2. The molecule has 0 saturated carbocycles. The molecule has 0 spiro atoms. The fraction of sp³-hybridized carbons (Fsp3) is 0.300. The van der Waals surface area contributed by atoms with Gasteiger partial charge in [-0.2, -0.15) is 0 Å². The molecule has 2 N–H and O–H groups in total. The van der Waals surface area contributed by atoms with Crippen LogP contribution in [-0.4, -0.2) is 18.0 Å². The van der Waals surface area contributed by atoms with Crippen molar-refractivity contribution in [3.05, 3.63) is 59.7 Å². The number of hydrogen-bond acceptors (Lipinski definition) is 3. The van der Waals surface area contributed by atoms with Gasteiger partial charge in [-0.05, 0) is 55.2 Å². The maximum Gasteiger partial charge on any atom is 0.334 e. The molecule has 0 saturated heterocycles. The van der Waals surface area contributed by atoms with E-state index in [9.17, 15) is 9.59 Å². The number of rotatable bonds is 5. The van der Waals surface area contributed by atoms with Crippen molar-refractivity contribution in [2.75, 3.05) is 5.32 Å². The number of carbonyl (C=O) groups excluding carboxylic acids is 2. The van der Waals surface area contributed by atoms with Crippen molar-refractivity contribution in [1.82, 2.24) is 5.32 Å². The second-order valence-corrected chi connectivity index (χ2v) is 6.43. The predicted molar refractivity (Wildman–Crippen MR) is 98.8 cm³/mol. The Hall–Kier alpha value is -2.82. The molecule has 0 aliphatic rings. The minimum absolute atomic E-state index is 0.111. The van der Waals surface area contributed by atoms with E-state index in [0.29, 0.717) is 11.4 Å². The summed E-state index contributed by atoms with van der Waals surface area (Å²) in [6.07, 6.45) is 0. The van der Waals surface area contributed by atoms with E-state index >= 15 is 0 Å². The van der Waals surface area contributed by atoms with Gasteiger partial charge in [0, 0.05) is 5.69 Å². The highest BCUT2D eigenvalue weighted by molar-refractivity contribution is 5.93. The van der Waals surface area contributed by atoms with Gasteiger partial charge in [0.05, 0.1) is 0 Å². The van der Waals surface area contributed by atoms with E-state index in [2.05, 4.69) is 10.6 Å². The van der Waals surface area contributed by atoms with Gasteiger partial charge in [0.25, 0.3) is 0 Å². The Morgan fingerprint density at radius 3 is 2.12 bits per heavy atom. The summed E-state index contributed by atoms with van der Waals surface area (Å²) in [4.78, 5) is 24.7. The summed E-state index contributed by atoms with van der Waals surface area (Å²) in [5.41, 5.74) is 2.68. The van der Waals surface area contributed by atoms with Gasteiger partial charge in [0.1, 0.15) is 11.8 Å². The van der Waals surface area contributed by atoms with Gasteiger partial charge in [-0.1, -0.05) is 38.1 Å². The molecule has 0 bridgehead atoms. The first-order valence-corrected chi connectivity index (χ1v) is 8.27. The maximum absolute atomic E-state index is 12.5. The smallest absolute Gasteiger partial charge is 0.334 e. The summed E-state index contributed by atoms with van der Waals surface area (Å²) >= 11 is 0. The summed E-state index contributed by atoms with van der Waals surface area (Å²) in [5.74, 6) is -0.110. The lowest BCUT2D eigenvalue weighted by atomic mass is 10.0. The highest BCUT2D eigenvalue weighted by Gasteiger charge is 2.26. The van der Waals surface area contributed by atoms with E-state index in [-0.39, 0.29) is 5.92 Å². The zero-order valence-corrected chi connectivity index (χ0v) is 15.0. The molecule has 2 aromatic rings. The molecule has 5 nitrogen and oxygen atoms in total. The molecular formula is C20H24N2O3. The van der Waals surface area contributed by atoms with Crippen molar-refractivity contribution in [2.24, 2.45) is 5.92 Å². The van der Waals surface area contributed by atoms with Crippen LogP contribution in [0.2, 0.25) is 0 Å². The van der Waals surface area contributed by atoms with Gasteiger partial charge >= 0.3 is 12.0 Å². The van der Waals surface area contributed by atoms with E-state index in [1.807, 2.05) is 52.0 Å². The first-order valence-electron chi connectivity index (χ1n) is 8.27. The molecule has 2 aromatic carbocycles. The number of hydrogen-bond donors (Lipinski definition) is 2. The summed E-state index contributed by atoms with van der Waals surface area (Å²) < 4.78 is 5.47. The Kier molecular flexibility index (Phi) is 6.17. The Bertz CT molecular complexity index is 722. The molecule has 2 rings (SSSR count). The molecule has 1 unspecified atom stereocenters. The van der Waals surface area contributed by atoms with Crippen molar-refractivity contribution in [3.8, 4) is 5.75 Å². The van der Waals surface area contributed by atoms with E-state index in [0.717, 1.165) is 11.1 Å². The minimum atomic E-state index is -0.746. The first kappa shape index (κ1) is 18.5. The molecule has 1 atom stereocenters. The Morgan fingerprint density at radius 2 is 1.56 bits per heavy atom. The molecule has 0 aliphatic carbocycles. The van der Waals surface area contributed by atoms with E-state index in [1.165, 1.54) is 0 Å². The Balaban J connectivity index is 2.03. The average Bonchev–Trinajstić information content (AvgIpc) is 2.52. The van der Waals surface area contributed by atoms with E-state index < -0.39 is 18.0 Å². The number of nitrogens with one attached hydrogen (secondary N) is 2. The molecular weight excluding hydrogens is 316 g/mol. The average molecular weight is 340 g/mol. The molecule has 0 radical (unpaired) electrons. The van der Waals surface area contributed by atoms with Crippen LogP contribution in [-0.2, 0) is 4.79 Å². The second kappa shape index (κ2) is 8.33. The van der Waals surface area contributed by atoms with Crippen LogP contribution in [0.4, 0.5) is 10.5 Å². The number of amides is 2. The van der Waals surface area contributed by atoms with Crippen LogP contribution in [0, 0.1) is 19.8 Å². The lowest BCUT2D eigenvalue weighted by Crippen LogP contribution is -2.48. The fourth-order valence-electron chi connectivity index (χ4n) is 2.50.